The van der Waals surface area contributed by atoms with Crippen molar-refractivity contribution in [1.82, 2.24) is 10.6 Å². The molecular formula is C39H82N2. The fraction of sp³-hybridized carbons (Fsp3) is 1.00. The Morgan fingerprint density at radius 3 is 0.854 bits per heavy atom. The Balaban J connectivity index is 3.13. The summed E-state index contributed by atoms with van der Waals surface area (Å²) in [5.41, 5.74) is 0. The normalized spacial score (nSPS) is 12.4. The fourth-order valence-corrected chi connectivity index (χ4v) is 6.21. The lowest BCUT2D eigenvalue weighted by Gasteiger charge is -2.14. The van der Waals surface area contributed by atoms with Crippen LogP contribution in [-0.4, -0.2) is 25.7 Å². The maximum atomic E-state index is 3.73. The van der Waals surface area contributed by atoms with Crippen molar-refractivity contribution in [2.45, 2.75) is 232 Å². The Morgan fingerprint density at radius 2 is 0.561 bits per heavy atom. The molecule has 2 nitrogen and oxygen atoms in total. The number of rotatable bonds is 37. The van der Waals surface area contributed by atoms with E-state index in [1.165, 1.54) is 219 Å². The molecule has 0 aromatic carbocycles. The number of nitrogens with one attached hydrogen (secondary N) is 2. The molecule has 2 N–H and O–H groups in total. The molecule has 0 bridgehead atoms. The Bertz CT molecular complexity index is 437. The molecule has 0 spiro atoms. The summed E-state index contributed by atoms with van der Waals surface area (Å²) in [7, 11) is 0. The van der Waals surface area contributed by atoms with Crippen LogP contribution in [0.1, 0.15) is 226 Å². The molecule has 0 amide bonds. The molecule has 0 saturated carbocycles. The molecule has 0 saturated heterocycles. The van der Waals surface area contributed by atoms with E-state index in [4.69, 9.17) is 0 Å². The first-order valence-electron chi connectivity index (χ1n) is 19.7. The minimum Gasteiger partial charge on any atom is -0.315 e. The second kappa shape index (κ2) is 37.9. The van der Waals surface area contributed by atoms with Crippen LogP contribution in [-0.2, 0) is 0 Å². The molecule has 41 heavy (non-hydrogen) atoms. The SMILES string of the molecule is CCCCCCCCCCCCCCCCCCNCC(C)NCCCCCCCCCCCCCCCCCC. The summed E-state index contributed by atoms with van der Waals surface area (Å²) >= 11 is 0. The molecule has 0 radical (unpaired) electrons. The van der Waals surface area contributed by atoms with E-state index in [0.29, 0.717) is 6.04 Å². The highest BCUT2D eigenvalue weighted by atomic mass is 15.0. The van der Waals surface area contributed by atoms with Crippen molar-refractivity contribution >= 4 is 0 Å². The van der Waals surface area contributed by atoms with E-state index in [1.54, 1.807) is 0 Å². The zero-order valence-corrected chi connectivity index (χ0v) is 29.3. The Kier molecular flexibility index (Phi) is 37.9. The third-order valence-corrected chi connectivity index (χ3v) is 9.18. The lowest BCUT2D eigenvalue weighted by molar-refractivity contribution is 0.473. The Morgan fingerprint density at radius 1 is 0.317 bits per heavy atom. The highest BCUT2D eigenvalue weighted by Gasteiger charge is 2.01. The van der Waals surface area contributed by atoms with Crippen LogP contribution in [0.25, 0.3) is 0 Å². The van der Waals surface area contributed by atoms with E-state index in [2.05, 4.69) is 31.4 Å². The Hall–Kier alpha value is -0.0800. The molecule has 0 fully saturated rings. The third kappa shape index (κ3) is 37.9. The Labute approximate surface area is 262 Å². The zero-order valence-electron chi connectivity index (χ0n) is 29.3. The smallest absolute Gasteiger partial charge is 0.0164 e. The van der Waals surface area contributed by atoms with E-state index >= 15 is 0 Å². The summed E-state index contributed by atoms with van der Waals surface area (Å²) < 4.78 is 0. The third-order valence-electron chi connectivity index (χ3n) is 9.18. The highest BCUT2D eigenvalue weighted by Crippen LogP contribution is 2.15. The monoisotopic (exact) mass is 579 g/mol. The van der Waals surface area contributed by atoms with Gasteiger partial charge in [0.1, 0.15) is 0 Å². The van der Waals surface area contributed by atoms with Gasteiger partial charge >= 0.3 is 0 Å². The van der Waals surface area contributed by atoms with E-state index in [9.17, 15) is 0 Å². The second-order valence-corrected chi connectivity index (χ2v) is 13.7. The predicted octanol–water partition coefficient (Wildman–Crippen LogP) is 13.1. The van der Waals surface area contributed by atoms with Crippen LogP contribution >= 0.6 is 0 Å². The average Bonchev–Trinajstić information content (AvgIpc) is 2.98. The van der Waals surface area contributed by atoms with Crippen LogP contribution in [0.5, 0.6) is 0 Å². The van der Waals surface area contributed by atoms with Crippen molar-refractivity contribution < 1.29 is 0 Å². The molecule has 0 aliphatic rings. The van der Waals surface area contributed by atoms with Gasteiger partial charge in [-0.1, -0.05) is 206 Å². The topological polar surface area (TPSA) is 24.1 Å². The van der Waals surface area contributed by atoms with Gasteiger partial charge in [0.2, 0.25) is 0 Å². The minimum absolute atomic E-state index is 0.604. The number of hydrogen-bond acceptors (Lipinski definition) is 2. The quantitative estimate of drug-likeness (QED) is 0.0716. The lowest BCUT2D eigenvalue weighted by Crippen LogP contribution is -2.37. The van der Waals surface area contributed by atoms with Crippen LogP contribution in [0, 0.1) is 0 Å². The molecular weight excluding hydrogens is 496 g/mol. The summed E-state index contributed by atoms with van der Waals surface area (Å²) in [4.78, 5) is 0. The lowest BCUT2D eigenvalue weighted by atomic mass is 10.0. The van der Waals surface area contributed by atoms with Gasteiger partial charge in [-0.3, -0.25) is 0 Å². The van der Waals surface area contributed by atoms with Crippen LogP contribution in [0.2, 0.25) is 0 Å². The van der Waals surface area contributed by atoms with Crippen molar-refractivity contribution in [3.8, 4) is 0 Å². The standard InChI is InChI=1S/C39H82N2/c1-4-6-8-10-12-14-16-18-20-22-24-26-28-30-32-34-36-40-38-39(3)41-37-35-33-31-29-27-25-23-21-19-17-15-13-11-9-7-5-2/h39-41H,4-38H2,1-3H3. The molecule has 0 heterocycles. The van der Waals surface area contributed by atoms with Gasteiger partial charge in [-0.2, -0.15) is 0 Å². The minimum atomic E-state index is 0.604. The molecule has 0 aromatic rings. The van der Waals surface area contributed by atoms with Crippen LogP contribution < -0.4 is 10.6 Å². The van der Waals surface area contributed by atoms with Crippen LogP contribution in [0.15, 0.2) is 0 Å². The second-order valence-electron chi connectivity index (χ2n) is 13.7. The van der Waals surface area contributed by atoms with Crippen molar-refractivity contribution in [2.24, 2.45) is 0 Å². The van der Waals surface area contributed by atoms with Gasteiger partial charge in [0.15, 0.2) is 0 Å². The zero-order chi connectivity index (χ0) is 29.7. The fourth-order valence-electron chi connectivity index (χ4n) is 6.21. The van der Waals surface area contributed by atoms with E-state index in [-0.39, 0.29) is 0 Å². The summed E-state index contributed by atoms with van der Waals surface area (Å²) in [6, 6.07) is 0.604. The molecule has 1 atom stereocenters. The summed E-state index contributed by atoms with van der Waals surface area (Å²) in [5, 5.41) is 7.41. The van der Waals surface area contributed by atoms with Gasteiger partial charge < -0.3 is 10.6 Å². The number of unbranched alkanes of at least 4 members (excludes halogenated alkanes) is 30. The van der Waals surface area contributed by atoms with E-state index in [1.807, 2.05) is 0 Å². The van der Waals surface area contributed by atoms with Crippen LogP contribution in [0.4, 0.5) is 0 Å². The van der Waals surface area contributed by atoms with Crippen molar-refractivity contribution in [1.29, 1.82) is 0 Å². The highest BCUT2D eigenvalue weighted by molar-refractivity contribution is 4.64. The van der Waals surface area contributed by atoms with Crippen molar-refractivity contribution in [3.05, 3.63) is 0 Å². The molecule has 248 valence electrons. The first-order chi connectivity index (χ1) is 20.3. The van der Waals surface area contributed by atoms with Gasteiger partial charge in [-0.15, -0.1) is 0 Å². The molecule has 0 aliphatic carbocycles. The van der Waals surface area contributed by atoms with Crippen LogP contribution in [0.3, 0.4) is 0 Å². The molecule has 1 unspecified atom stereocenters. The molecule has 2 heteroatoms. The van der Waals surface area contributed by atoms with Crippen molar-refractivity contribution in [2.75, 3.05) is 19.6 Å². The maximum Gasteiger partial charge on any atom is 0.0164 e. The molecule has 0 aliphatic heterocycles. The average molecular weight is 579 g/mol. The first kappa shape index (κ1) is 40.9. The van der Waals surface area contributed by atoms with Gasteiger partial charge in [0.25, 0.3) is 0 Å². The molecule has 0 rings (SSSR count). The summed E-state index contributed by atoms with van der Waals surface area (Å²) in [6.07, 6.45) is 46.4. The summed E-state index contributed by atoms with van der Waals surface area (Å²) in [6.45, 7) is 10.5. The predicted molar refractivity (Wildman–Crippen MR) is 189 cm³/mol. The first-order valence-corrected chi connectivity index (χ1v) is 19.7. The maximum absolute atomic E-state index is 3.73. The van der Waals surface area contributed by atoms with Gasteiger partial charge in [-0.25, -0.2) is 0 Å². The largest absolute Gasteiger partial charge is 0.315 e. The van der Waals surface area contributed by atoms with Gasteiger partial charge in [-0.05, 0) is 32.9 Å². The summed E-state index contributed by atoms with van der Waals surface area (Å²) in [5.74, 6) is 0. The van der Waals surface area contributed by atoms with Gasteiger partial charge in [0.05, 0.1) is 0 Å². The van der Waals surface area contributed by atoms with E-state index < -0.39 is 0 Å². The van der Waals surface area contributed by atoms with Gasteiger partial charge in [0, 0.05) is 12.6 Å². The van der Waals surface area contributed by atoms with E-state index in [0.717, 1.165) is 6.54 Å². The van der Waals surface area contributed by atoms with Crippen molar-refractivity contribution in [3.63, 3.8) is 0 Å². The molecule has 0 aromatic heterocycles. The number of hydrogen-bond donors (Lipinski definition) is 2.